The van der Waals surface area contributed by atoms with E-state index in [-0.39, 0.29) is 5.91 Å². The molecule has 0 spiro atoms. The number of anilines is 1. The molecule has 0 saturated carbocycles. The molecule has 6 nitrogen and oxygen atoms in total. The van der Waals surface area contributed by atoms with Crippen LogP contribution in [0.3, 0.4) is 0 Å². The normalized spacial score (nSPS) is 10.9. The molecule has 25 heavy (non-hydrogen) atoms. The molecule has 0 unspecified atom stereocenters. The quantitative estimate of drug-likeness (QED) is 0.727. The molecule has 2 aromatic heterocycles. The van der Waals surface area contributed by atoms with Gasteiger partial charge in [0, 0.05) is 11.9 Å². The monoisotopic (exact) mass is 376 g/mol. The van der Waals surface area contributed by atoms with E-state index in [0.717, 1.165) is 22.2 Å². The zero-order valence-corrected chi connectivity index (χ0v) is 15.6. The number of carbonyl (C=O) groups is 1. The molecule has 0 radical (unpaired) electrons. The summed E-state index contributed by atoms with van der Waals surface area (Å²) in [5, 5.41) is 12.4. The van der Waals surface area contributed by atoms with Crippen LogP contribution in [0.15, 0.2) is 18.2 Å². The number of fused-ring (bicyclic) bond motifs is 1. The number of aromatic nitrogens is 2. The lowest BCUT2D eigenvalue weighted by Crippen LogP contribution is -2.22. The van der Waals surface area contributed by atoms with Gasteiger partial charge in [-0.2, -0.15) is 5.10 Å². The van der Waals surface area contributed by atoms with E-state index in [9.17, 15) is 4.79 Å². The molecule has 1 amide bonds. The molecule has 130 valence electrons. The summed E-state index contributed by atoms with van der Waals surface area (Å²) in [5.74, 6) is 0.347. The van der Waals surface area contributed by atoms with Crippen LogP contribution in [0.2, 0.25) is 5.02 Å². The third kappa shape index (κ3) is 3.25. The maximum absolute atomic E-state index is 12.5. The fourth-order valence-corrected chi connectivity index (χ4v) is 3.79. The molecular formula is C17H17ClN4O2S. The summed E-state index contributed by atoms with van der Waals surface area (Å²) < 4.78 is 5.12. The second-order valence-electron chi connectivity index (χ2n) is 5.59. The first kappa shape index (κ1) is 17.4. The number of hydrogen-bond donors (Lipinski definition) is 2. The number of nitrogens with zero attached hydrogens (tertiary/aromatic N) is 2. The van der Waals surface area contributed by atoms with Crippen LogP contribution >= 0.6 is 22.9 Å². The average Bonchev–Trinajstić information content (AvgIpc) is 2.93. The van der Waals surface area contributed by atoms with Gasteiger partial charge in [-0.05, 0) is 37.1 Å². The molecule has 0 saturated heterocycles. The van der Waals surface area contributed by atoms with Gasteiger partial charge >= 0.3 is 0 Å². The van der Waals surface area contributed by atoms with E-state index < -0.39 is 0 Å². The topological polar surface area (TPSA) is 90.1 Å². The summed E-state index contributed by atoms with van der Waals surface area (Å²) >= 11 is 7.34. The predicted molar refractivity (Wildman–Crippen MR) is 100 cm³/mol. The first-order chi connectivity index (χ1) is 11.9. The molecule has 0 fully saturated rings. The van der Waals surface area contributed by atoms with Crippen molar-refractivity contribution in [2.24, 2.45) is 0 Å². The first-order valence-electron chi connectivity index (χ1n) is 7.54. The van der Waals surface area contributed by atoms with Gasteiger partial charge in [0.15, 0.2) is 0 Å². The van der Waals surface area contributed by atoms with Crippen LogP contribution in [-0.2, 0) is 6.54 Å². The highest BCUT2D eigenvalue weighted by atomic mass is 35.5. The third-order valence-electron chi connectivity index (χ3n) is 4.01. The number of carbonyl (C=O) groups excluding carboxylic acids is 1. The molecule has 3 N–H and O–H groups in total. The van der Waals surface area contributed by atoms with Crippen molar-refractivity contribution in [2.45, 2.75) is 20.4 Å². The number of rotatable bonds is 4. The molecular weight excluding hydrogens is 360 g/mol. The van der Waals surface area contributed by atoms with Crippen LogP contribution in [0.1, 0.15) is 26.5 Å². The number of benzene rings is 1. The summed E-state index contributed by atoms with van der Waals surface area (Å²) in [6.45, 7) is 4.13. The van der Waals surface area contributed by atoms with Crippen molar-refractivity contribution >= 4 is 44.7 Å². The lowest BCUT2D eigenvalue weighted by atomic mass is 10.1. The van der Waals surface area contributed by atoms with E-state index >= 15 is 0 Å². The number of halogens is 1. The van der Waals surface area contributed by atoms with Gasteiger partial charge in [0.05, 0.1) is 23.5 Å². The van der Waals surface area contributed by atoms with Gasteiger partial charge in [0.2, 0.25) is 0 Å². The van der Waals surface area contributed by atoms with E-state index in [1.807, 2.05) is 19.9 Å². The minimum atomic E-state index is -0.246. The predicted octanol–water partition coefficient (Wildman–Crippen LogP) is 3.48. The fraction of sp³-hybridized carbons (Fsp3) is 0.235. The number of ether oxygens (including phenoxy) is 1. The summed E-state index contributed by atoms with van der Waals surface area (Å²) in [6.07, 6.45) is 0. The average molecular weight is 377 g/mol. The minimum absolute atomic E-state index is 0.246. The van der Waals surface area contributed by atoms with Crippen LogP contribution in [-0.4, -0.2) is 23.2 Å². The summed E-state index contributed by atoms with van der Waals surface area (Å²) in [7, 11) is 1.56. The summed E-state index contributed by atoms with van der Waals surface area (Å²) in [4.78, 5) is 13.6. The van der Waals surface area contributed by atoms with Crippen molar-refractivity contribution in [3.63, 3.8) is 0 Å². The number of amides is 1. The van der Waals surface area contributed by atoms with Crippen molar-refractivity contribution in [1.82, 2.24) is 15.5 Å². The molecule has 0 aliphatic heterocycles. The van der Waals surface area contributed by atoms with Crippen LogP contribution in [0.25, 0.3) is 10.2 Å². The highest BCUT2D eigenvalue weighted by Crippen LogP contribution is 2.34. The van der Waals surface area contributed by atoms with E-state index in [1.54, 1.807) is 19.2 Å². The molecule has 0 atom stereocenters. The Bertz CT molecular complexity index is 971. The summed E-state index contributed by atoms with van der Waals surface area (Å²) in [5.41, 5.74) is 9.24. The van der Waals surface area contributed by atoms with Gasteiger partial charge in [-0.15, -0.1) is 16.4 Å². The zero-order chi connectivity index (χ0) is 18.1. The molecule has 8 heteroatoms. The third-order valence-corrected chi connectivity index (χ3v) is 5.39. The van der Waals surface area contributed by atoms with Gasteiger partial charge in [0.1, 0.15) is 15.5 Å². The van der Waals surface area contributed by atoms with Crippen molar-refractivity contribution < 1.29 is 9.53 Å². The Labute approximate surface area is 154 Å². The molecule has 3 rings (SSSR count). The number of nitrogens with two attached hydrogens (primary N) is 1. The van der Waals surface area contributed by atoms with E-state index in [1.165, 1.54) is 11.3 Å². The number of hydrogen-bond acceptors (Lipinski definition) is 6. The van der Waals surface area contributed by atoms with Crippen LogP contribution in [0, 0.1) is 13.8 Å². The Kier molecular flexibility index (Phi) is 4.78. The van der Waals surface area contributed by atoms with Crippen LogP contribution < -0.4 is 15.8 Å². The maximum atomic E-state index is 12.5. The van der Waals surface area contributed by atoms with Crippen molar-refractivity contribution in [1.29, 1.82) is 0 Å². The molecule has 0 bridgehead atoms. The van der Waals surface area contributed by atoms with Crippen molar-refractivity contribution in [3.8, 4) is 5.75 Å². The Hall–Kier alpha value is -2.38. The highest BCUT2D eigenvalue weighted by molar-refractivity contribution is 7.21. The van der Waals surface area contributed by atoms with Gasteiger partial charge < -0.3 is 15.8 Å². The van der Waals surface area contributed by atoms with Gasteiger partial charge in [0.25, 0.3) is 5.91 Å². The van der Waals surface area contributed by atoms with E-state index in [2.05, 4.69) is 15.5 Å². The Morgan fingerprint density at radius 2 is 2.12 bits per heavy atom. The number of thiophene rings is 1. The molecule has 3 aromatic rings. The Morgan fingerprint density at radius 3 is 2.80 bits per heavy atom. The number of nitrogen functional groups attached to an aromatic ring is 1. The fourth-order valence-electron chi connectivity index (χ4n) is 2.49. The Balaban J connectivity index is 1.82. The number of aryl methyl sites for hydroxylation is 2. The molecule has 2 heterocycles. The molecule has 0 aliphatic rings. The SMILES string of the molecule is COc1ccc(CNC(=O)c2sc3nnc(C)c(C)c3c2N)cc1Cl. The number of nitrogens with one attached hydrogen (secondary N) is 1. The second kappa shape index (κ2) is 6.85. The van der Waals surface area contributed by atoms with Crippen molar-refractivity contribution in [3.05, 3.63) is 44.9 Å². The largest absolute Gasteiger partial charge is 0.495 e. The molecule has 1 aromatic carbocycles. The van der Waals surface area contributed by atoms with E-state index in [4.69, 9.17) is 22.1 Å². The van der Waals surface area contributed by atoms with Gasteiger partial charge in [-0.3, -0.25) is 4.79 Å². The van der Waals surface area contributed by atoms with Crippen molar-refractivity contribution in [2.75, 3.05) is 12.8 Å². The van der Waals surface area contributed by atoms with E-state index in [0.29, 0.717) is 32.7 Å². The zero-order valence-electron chi connectivity index (χ0n) is 14.0. The van der Waals surface area contributed by atoms with Crippen LogP contribution in [0.4, 0.5) is 5.69 Å². The maximum Gasteiger partial charge on any atom is 0.263 e. The second-order valence-corrected chi connectivity index (χ2v) is 6.99. The Morgan fingerprint density at radius 1 is 1.36 bits per heavy atom. The number of methoxy groups -OCH3 is 1. The van der Waals surface area contributed by atoms with Gasteiger partial charge in [-0.25, -0.2) is 0 Å². The lowest BCUT2D eigenvalue weighted by Gasteiger charge is -2.07. The van der Waals surface area contributed by atoms with Crippen LogP contribution in [0.5, 0.6) is 5.75 Å². The summed E-state index contributed by atoms with van der Waals surface area (Å²) in [6, 6.07) is 5.37. The standard InChI is InChI=1S/C17H17ClN4O2S/c1-8-9(2)21-22-17-13(8)14(19)15(25-17)16(23)20-7-10-4-5-12(24-3)11(18)6-10/h4-6H,7,19H2,1-3H3,(H,20,23). The van der Waals surface area contributed by atoms with Gasteiger partial charge in [-0.1, -0.05) is 17.7 Å². The minimum Gasteiger partial charge on any atom is -0.495 e. The lowest BCUT2D eigenvalue weighted by molar-refractivity contribution is 0.0956. The molecule has 0 aliphatic carbocycles. The first-order valence-corrected chi connectivity index (χ1v) is 8.74. The highest BCUT2D eigenvalue weighted by Gasteiger charge is 2.19. The smallest absolute Gasteiger partial charge is 0.263 e.